The van der Waals surface area contributed by atoms with Crippen LogP contribution in [0.2, 0.25) is 0 Å². The molecule has 1 aliphatic rings. The van der Waals surface area contributed by atoms with Crippen molar-refractivity contribution in [1.29, 1.82) is 0 Å². The molecular formula is C10H15NOS. The highest BCUT2D eigenvalue weighted by molar-refractivity contribution is 7.08. The van der Waals surface area contributed by atoms with Crippen LogP contribution in [0.5, 0.6) is 0 Å². The molecule has 1 aliphatic heterocycles. The SMILES string of the molecule is CC1CNCCC1(O)c1ccsc1. The highest BCUT2D eigenvalue weighted by atomic mass is 32.1. The summed E-state index contributed by atoms with van der Waals surface area (Å²) in [5, 5.41) is 17.8. The normalized spacial score (nSPS) is 34.8. The Morgan fingerprint density at radius 3 is 3.15 bits per heavy atom. The average molecular weight is 197 g/mol. The molecule has 72 valence electrons. The molecule has 3 heteroatoms. The molecule has 1 saturated heterocycles. The van der Waals surface area contributed by atoms with Gasteiger partial charge in [0, 0.05) is 12.5 Å². The summed E-state index contributed by atoms with van der Waals surface area (Å²) in [5.74, 6) is 0.302. The smallest absolute Gasteiger partial charge is 0.0954 e. The standard InChI is InChI=1S/C10H15NOS/c1-8-6-11-4-3-10(8,12)9-2-5-13-7-9/h2,5,7-8,11-12H,3-4,6H2,1H3. The van der Waals surface area contributed by atoms with Crippen molar-refractivity contribution in [3.63, 3.8) is 0 Å². The second kappa shape index (κ2) is 3.40. The van der Waals surface area contributed by atoms with Gasteiger partial charge in [-0.15, -0.1) is 0 Å². The molecule has 2 nitrogen and oxygen atoms in total. The van der Waals surface area contributed by atoms with Gasteiger partial charge in [0.05, 0.1) is 5.60 Å². The molecule has 0 spiro atoms. The van der Waals surface area contributed by atoms with Crippen molar-refractivity contribution in [2.45, 2.75) is 18.9 Å². The predicted octanol–water partition coefficient (Wildman–Crippen LogP) is 1.57. The molecule has 0 aromatic carbocycles. The molecule has 0 aliphatic carbocycles. The molecule has 0 amide bonds. The third kappa shape index (κ3) is 1.52. The largest absolute Gasteiger partial charge is 0.385 e. The fraction of sp³-hybridized carbons (Fsp3) is 0.600. The number of aliphatic hydroxyl groups is 1. The first kappa shape index (κ1) is 9.19. The molecule has 2 rings (SSSR count). The maximum atomic E-state index is 10.5. The van der Waals surface area contributed by atoms with Gasteiger partial charge in [-0.25, -0.2) is 0 Å². The van der Waals surface area contributed by atoms with Crippen LogP contribution in [0.1, 0.15) is 18.9 Å². The Bertz CT molecular complexity index is 272. The van der Waals surface area contributed by atoms with Crippen molar-refractivity contribution in [2.75, 3.05) is 13.1 Å². The third-order valence-corrected chi connectivity index (χ3v) is 3.65. The van der Waals surface area contributed by atoms with Gasteiger partial charge >= 0.3 is 0 Å². The molecular weight excluding hydrogens is 182 g/mol. The molecule has 2 heterocycles. The van der Waals surface area contributed by atoms with E-state index < -0.39 is 5.60 Å². The second-order valence-corrected chi connectivity index (χ2v) is 4.57. The summed E-state index contributed by atoms with van der Waals surface area (Å²) in [6, 6.07) is 2.03. The van der Waals surface area contributed by atoms with Crippen LogP contribution >= 0.6 is 11.3 Å². The Morgan fingerprint density at radius 1 is 1.69 bits per heavy atom. The Kier molecular flexibility index (Phi) is 2.41. The zero-order valence-corrected chi connectivity index (χ0v) is 8.60. The van der Waals surface area contributed by atoms with Crippen molar-refractivity contribution in [1.82, 2.24) is 5.32 Å². The summed E-state index contributed by atoms with van der Waals surface area (Å²) in [7, 11) is 0. The van der Waals surface area contributed by atoms with Crippen LogP contribution in [0.25, 0.3) is 0 Å². The molecule has 2 unspecified atom stereocenters. The van der Waals surface area contributed by atoms with E-state index in [0.717, 1.165) is 25.1 Å². The monoisotopic (exact) mass is 197 g/mol. The van der Waals surface area contributed by atoms with Gasteiger partial charge in [-0.2, -0.15) is 11.3 Å². The van der Waals surface area contributed by atoms with Crippen LogP contribution in [-0.2, 0) is 5.60 Å². The highest BCUT2D eigenvalue weighted by Crippen LogP contribution is 2.35. The zero-order valence-electron chi connectivity index (χ0n) is 7.79. The molecule has 2 atom stereocenters. The molecule has 1 aromatic rings. The van der Waals surface area contributed by atoms with Crippen molar-refractivity contribution in [2.24, 2.45) is 5.92 Å². The quantitative estimate of drug-likeness (QED) is 0.716. The Balaban J connectivity index is 2.27. The minimum absolute atomic E-state index is 0.302. The summed E-state index contributed by atoms with van der Waals surface area (Å²) < 4.78 is 0. The fourth-order valence-electron chi connectivity index (χ4n) is 1.95. The van der Waals surface area contributed by atoms with E-state index >= 15 is 0 Å². The van der Waals surface area contributed by atoms with Crippen LogP contribution in [0.4, 0.5) is 0 Å². The molecule has 0 bridgehead atoms. The van der Waals surface area contributed by atoms with E-state index in [4.69, 9.17) is 0 Å². The van der Waals surface area contributed by atoms with Crippen molar-refractivity contribution in [3.8, 4) is 0 Å². The molecule has 1 aromatic heterocycles. The van der Waals surface area contributed by atoms with Crippen LogP contribution in [0, 0.1) is 5.92 Å². The van der Waals surface area contributed by atoms with Gasteiger partial charge in [-0.05, 0) is 35.4 Å². The molecule has 13 heavy (non-hydrogen) atoms. The minimum atomic E-state index is -0.592. The summed E-state index contributed by atoms with van der Waals surface area (Å²) in [6.45, 7) is 3.92. The topological polar surface area (TPSA) is 32.3 Å². The summed E-state index contributed by atoms with van der Waals surface area (Å²) in [5.41, 5.74) is 0.497. The van der Waals surface area contributed by atoms with Crippen LogP contribution in [-0.4, -0.2) is 18.2 Å². The summed E-state index contributed by atoms with van der Waals surface area (Å²) >= 11 is 1.65. The average Bonchev–Trinajstić information content (AvgIpc) is 2.63. The minimum Gasteiger partial charge on any atom is -0.385 e. The van der Waals surface area contributed by atoms with Crippen molar-refractivity contribution in [3.05, 3.63) is 22.4 Å². The van der Waals surface area contributed by atoms with Crippen LogP contribution in [0.15, 0.2) is 16.8 Å². The lowest BCUT2D eigenvalue weighted by molar-refractivity contribution is -0.0388. The summed E-state index contributed by atoms with van der Waals surface area (Å²) in [4.78, 5) is 0. The van der Waals surface area contributed by atoms with E-state index in [9.17, 15) is 5.11 Å². The molecule has 2 N–H and O–H groups in total. The predicted molar refractivity (Wildman–Crippen MR) is 54.9 cm³/mol. The highest BCUT2D eigenvalue weighted by Gasteiger charge is 2.37. The number of thiophene rings is 1. The van der Waals surface area contributed by atoms with Crippen molar-refractivity contribution < 1.29 is 5.11 Å². The lowest BCUT2D eigenvalue weighted by atomic mass is 9.79. The number of nitrogens with one attached hydrogen (secondary N) is 1. The molecule has 0 radical (unpaired) electrons. The third-order valence-electron chi connectivity index (χ3n) is 2.97. The van der Waals surface area contributed by atoms with Crippen molar-refractivity contribution >= 4 is 11.3 Å². The number of rotatable bonds is 1. The van der Waals surface area contributed by atoms with Crippen LogP contribution in [0.3, 0.4) is 0 Å². The first-order chi connectivity index (χ1) is 6.23. The van der Waals surface area contributed by atoms with E-state index in [-0.39, 0.29) is 0 Å². The van der Waals surface area contributed by atoms with Gasteiger partial charge in [-0.1, -0.05) is 6.92 Å². The summed E-state index contributed by atoms with van der Waals surface area (Å²) in [6.07, 6.45) is 0.824. The fourth-order valence-corrected chi connectivity index (χ4v) is 2.69. The van der Waals surface area contributed by atoms with Gasteiger partial charge < -0.3 is 10.4 Å². The van der Waals surface area contributed by atoms with Gasteiger partial charge in [0.25, 0.3) is 0 Å². The number of hydrogen-bond donors (Lipinski definition) is 2. The second-order valence-electron chi connectivity index (χ2n) is 3.79. The van der Waals surface area contributed by atoms with Crippen LogP contribution < -0.4 is 5.32 Å². The lowest BCUT2D eigenvalue weighted by Crippen LogP contribution is -2.46. The van der Waals surface area contributed by atoms with E-state index in [1.54, 1.807) is 11.3 Å². The number of piperidine rings is 1. The Labute approximate surface area is 82.6 Å². The Hall–Kier alpha value is -0.380. The Morgan fingerprint density at radius 2 is 2.54 bits per heavy atom. The number of hydrogen-bond acceptors (Lipinski definition) is 3. The zero-order chi connectivity index (χ0) is 9.31. The van der Waals surface area contributed by atoms with Gasteiger partial charge in [-0.3, -0.25) is 0 Å². The first-order valence-corrected chi connectivity index (χ1v) is 5.63. The van der Waals surface area contributed by atoms with E-state index in [1.807, 2.05) is 11.4 Å². The van der Waals surface area contributed by atoms with Gasteiger partial charge in [0.15, 0.2) is 0 Å². The maximum absolute atomic E-state index is 10.5. The lowest BCUT2D eigenvalue weighted by Gasteiger charge is -2.38. The molecule has 1 fully saturated rings. The maximum Gasteiger partial charge on any atom is 0.0954 e. The van der Waals surface area contributed by atoms with E-state index in [2.05, 4.69) is 17.6 Å². The van der Waals surface area contributed by atoms with Gasteiger partial charge in [0.2, 0.25) is 0 Å². The molecule has 0 saturated carbocycles. The van der Waals surface area contributed by atoms with E-state index in [0.29, 0.717) is 5.92 Å². The first-order valence-electron chi connectivity index (χ1n) is 4.69. The van der Waals surface area contributed by atoms with Gasteiger partial charge in [0.1, 0.15) is 0 Å². The van der Waals surface area contributed by atoms with E-state index in [1.165, 1.54) is 0 Å².